The van der Waals surface area contributed by atoms with Crippen molar-refractivity contribution in [3.63, 3.8) is 0 Å². The number of hydrogen-bond donors (Lipinski definition) is 1. The van der Waals surface area contributed by atoms with E-state index in [1.54, 1.807) is 12.1 Å². The van der Waals surface area contributed by atoms with E-state index in [0.29, 0.717) is 4.90 Å². The Kier molecular flexibility index (Phi) is 4.02. The molecule has 1 aromatic rings. The molecule has 1 N–H and O–H groups in total. The number of piperidine rings is 1. The largest absolute Gasteiger partial charge is 0.389 e. The maximum absolute atomic E-state index is 12.2. The number of rotatable bonds is 3. The van der Waals surface area contributed by atoms with E-state index in [2.05, 4.69) is 11.9 Å². The number of benzene rings is 1. The minimum absolute atomic E-state index is 0.102. The van der Waals surface area contributed by atoms with Crippen LogP contribution in [0, 0.1) is 6.92 Å². The van der Waals surface area contributed by atoms with Crippen LogP contribution in [-0.2, 0) is 8.87 Å². The number of hydrogen-bond acceptors (Lipinski definition) is 4. The van der Waals surface area contributed by atoms with Gasteiger partial charge >= 0.3 is 0 Å². The van der Waals surface area contributed by atoms with Gasteiger partial charge in [-0.1, -0.05) is 24.3 Å². The van der Waals surface area contributed by atoms with Crippen LogP contribution in [0.4, 0.5) is 0 Å². The van der Waals surface area contributed by atoms with Gasteiger partial charge in [-0.15, -0.1) is 0 Å². The summed E-state index contributed by atoms with van der Waals surface area (Å²) in [5.74, 6) is 0. The van der Waals surface area contributed by atoms with Crippen LogP contribution in [0.2, 0.25) is 0 Å². The van der Waals surface area contributed by atoms with Crippen molar-refractivity contribution < 1.29 is 8.42 Å². The smallest absolute Gasteiger partial charge is 0.230 e. The van der Waals surface area contributed by atoms with Gasteiger partial charge in [0, 0.05) is 17.5 Å². The number of allylic oxidation sites excluding steroid dienone is 1. The van der Waals surface area contributed by atoms with Crippen molar-refractivity contribution >= 4 is 19.7 Å². The highest BCUT2D eigenvalue weighted by atomic mass is 33.1. The summed E-state index contributed by atoms with van der Waals surface area (Å²) < 4.78 is 24.5. The van der Waals surface area contributed by atoms with Crippen LogP contribution in [0.15, 0.2) is 41.4 Å². The van der Waals surface area contributed by atoms with E-state index < -0.39 is 8.87 Å². The summed E-state index contributed by atoms with van der Waals surface area (Å²) in [5, 5.41) is 3.24. The Labute approximate surface area is 112 Å². The maximum Gasteiger partial charge on any atom is 0.230 e. The van der Waals surface area contributed by atoms with E-state index in [-0.39, 0.29) is 5.25 Å². The van der Waals surface area contributed by atoms with E-state index >= 15 is 0 Å². The second kappa shape index (κ2) is 5.36. The van der Waals surface area contributed by atoms with Crippen LogP contribution < -0.4 is 5.32 Å². The predicted octanol–water partition coefficient (Wildman–Crippen LogP) is 2.68. The molecule has 3 nitrogen and oxygen atoms in total. The predicted molar refractivity (Wildman–Crippen MR) is 76.1 cm³/mol. The molecule has 18 heavy (non-hydrogen) atoms. The van der Waals surface area contributed by atoms with Crippen molar-refractivity contribution in [1.82, 2.24) is 5.32 Å². The van der Waals surface area contributed by atoms with Gasteiger partial charge < -0.3 is 5.32 Å². The first-order chi connectivity index (χ1) is 8.47. The van der Waals surface area contributed by atoms with Crippen molar-refractivity contribution in [3.05, 3.63) is 42.1 Å². The molecule has 0 saturated carbocycles. The van der Waals surface area contributed by atoms with Crippen LogP contribution in [0.3, 0.4) is 0 Å². The minimum Gasteiger partial charge on any atom is -0.389 e. The molecule has 1 unspecified atom stereocenters. The van der Waals surface area contributed by atoms with E-state index in [1.807, 2.05) is 19.1 Å². The van der Waals surface area contributed by atoms with Crippen LogP contribution in [0.1, 0.15) is 18.4 Å². The summed E-state index contributed by atoms with van der Waals surface area (Å²) in [5.41, 5.74) is 1.99. The highest BCUT2D eigenvalue weighted by Gasteiger charge is 2.24. The molecule has 1 saturated heterocycles. The fourth-order valence-corrected chi connectivity index (χ4v) is 5.54. The zero-order valence-corrected chi connectivity index (χ0v) is 12.0. The lowest BCUT2D eigenvalue weighted by Crippen LogP contribution is -2.27. The van der Waals surface area contributed by atoms with Crippen LogP contribution >= 0.6 is 10.8 Å². The molecule has 1 aliphatic heterocycles. The Morgan fingerprint density at radius 1 is 1.33 bits per heavy atom. The SMILES string of the molecule is C=C1CC(SS(=O)(=O)c2ccc(C)cc2)CCN1. The molecule has 1 atom stereocenters. The quantitative estimate of drug-likeness (QED) is 0.866. The molecule has 0 amide bonds. The Balaban J connectivity index is 2.11. The molecule has 0 aliphatic carbocycles. The molecular formula is C13H17NO2S2. The van der Waals surface area contributed by atoms with Gasteiger partial charge in [-0.05, 0) is 42.7 Å². The molecule has 5 heteroatoms. The van der Waals surface area contributed by atoms with Crippen molar-refractivity contribution in [3.8, 4) is 0 Å². The van der Waals surface area contributed by atoms with Gasteiger partial charge in [0.1, 0.15) is 0 Å². The monoisotopic (exact) mass is 283 g/mol. The van der Waals surface area contributed by atoms with Crippen molar-refractivity contribution in [1.29, 1.82) is 0 Å². The molecule has 0 aromatic heterocycles. The summed E-state index contributed by atoms with van der Waals surface area (Å²) >= 11 is 0. The third-order valence-electron chi connectivity index (χ3n) is 2.89. The van der Waals surface area contributed by atoms with Gasteiger partial charge in [-0.2, -0.15) is 0 Å². The fraction of sp³-hybridized carbons (Fsp3) is 0.385. The third-order valence-corrected chi connectivity index (χ3v) is 6.82. The van der Waals surface area contributed by atoms with E-state index in [0.717, 1.165) is 41.4 Å². The zero-order valence-electron chi connectivity index (χ0n) is 10.3. The average molecular weight is 283 g/mol. The van der Waals surface area contributed by atoms with Crippen LogP contribution in [-0.4, -0.2) is 20.2 Å². The van der Waals surface area contributed by atoms with E-state index in [4.69, 9.17) is 0 Å². The maximum atomic E-state index is 12.2. The van der Waals surface area contributed by atoms with Gasteiger partial charge in [0.05, 0.1) is 4.90 Å². The van der Waals surface area contributed by atoms with Gasteiger partial charge in [0.15, 0.2) is 0 Å². The van der Waals surface area contributed by atoms with Gasteiger partial charge in [-0.25, -0.2) is 8.42 Å². The summed E-state index contributed by atoms with van der Waals surface area (Å²) in [4.78, 5) is 0.391. The van der Waals surface area contributed by atoms with E-state index in [9.17, 15) is 8.42 Å². The number of nitrogens with one attached hydrogen (secondary N) is 1. The van der Waals surface area contributed by atoms with Crippen LogP contribution in [0.25, 0.3) is 0 Å². The fourth-order valence-electron chi connectivity index (χ4n) is 1.88. The molecule has 0 radical (unpaired) electrons. The third kappa shape index (κ3) is 3.29. The van der Waals surface area contributed by atoms with Crippen molar-refractivity contribution in [2.24, 2.45) is 0 Å². The average Bonchev–Trinajstić information content (AvgIpc) is 2.29. The zero-order chi connectivity index (χ0) is 13.2. The lowest BCUT2D eigenvalue weighted by molar-refractivity contribution is 0.598. The first-order valence-electron chi connectivity index (χ1n) is 5.89. The Hall–Kier alpha value is -0.940. The Morgan fingerprint density at radius 2 is 2.00 bits per heavy atom. The van der Waals surface area contributed by atoms with Gasteiger partial charge in [0.2, 0.25) is 8.87 Å². The lowest BCUT2D eigenvalue weighted by atomic mass is 10.1. The normalized spacial score (nSPS) is 20.5. The Bertz CT molecular complexity index is 535. The Morgan fingerprint density at radius 3 is 2.61 bits per heavy atom. The second-order valence-corrected chi connectivity index (χ2v) is 8.64. The molecule has 1 fully saturated rings. The molecular weight excluding hydrogens is 266 g/mol. The molecule has 1 aliphatic rings. The van der Waals surface area contributed by atoms with Gasteiger partial charge in [-0.3, -0.25) is 0 Å². The highest BCUT2D eigenvalue weighted by molar-refractivity contribution is 8.72. The summed E-state index contributed by atoms with van der Waals surface area (Å²) in [7, 11) is -2.20. The molecule has 0 spiro atoms. The first-order valence-corrected chi connectivity index (χ1v) is 8.77. The van der Waals surface area contributed by atoms with E-state index in [1.165, 1.54) is 0 Å². The molecule has 0 bridgehead atoms. The highest BCUT2D eigenvalue weighted by Crippen LogP contribution is 2.33. The molecule has 98 valence electrons. The van der Waals surface area contributed by atoms with Crippen molar-refractivity contribution in [2.75, 3.05) is 6.54 Å². The van der Waals surface area contributed by atoms with Crippen molar-refractivity contribution in [2.45, 2.75) is 29.9 Å². The molecule has 1 heterocycles. The molecule has 2 rings (SSSR count). The summed E-state index contributed by atoms with van der Waals surface area (Å²) in [6.07, 6.45) is 1.57. The standard InChI is InChI=1S/C13H17NO2S2/c1-10-3-5-13(6-4-10)18(15,16)17-12-7-8-14-11(2)9-12/h3-6,12,14H,2,7-9H2,1H3. The summed E-state index contributed by atoms with van der Waals surface area (Å²) in [6.45, 7) is 6.61. The summed E-state index contributed by atoms with van der Waals surface area (Å²) in [6, 6.07) is 7.00. The minimum atomic E-state index is -3.25. The van der Waals surface area contributed by atoms with Crippen LogP contribution in [0.5, 0.6) is 0 Å². The second-order valence-electron chi connectivity index (χ2n) is 4.51. The lowest BCUT2D eigenvalue weighted by Gasteiger charge is -2.24. The topological polar surface area (TPSA) is 46.2 Å². The first kappa shape index (κ1) is 13.5. The number of aryl methyl sites for hydroxylation is 1. The van der Waals surface area contributed by atoms with Gasteiger partial charge in [0.25, 0.3) is 0 Å². The molecule has 1 aromatic carbocycles.